The number of carbonyl (C=O) groups is 2. The number of esters is 1. The first-order valence-corrected chi connectivity index (χ1v) is 12.4. The van der Waals surface area contributed by atoms with Crippen LogP contribution in [0.2, 0.25) is 5.02 Å². The normalized spacial score (nSPS) is 14.7. The van der Waals surface area contributed by atoms with E-state index in [-0.39, 0.29) is 21.4 Å². The number of halogens is 1. The van der Waals surface area contributed by atoms with Crippen molar-refractivity contribution in [2.45, 2.75) is 44.6 Å². The van der Waals surface area contributed by atoms with Crippen LogP contribution in [-0.2, 0) is 26.0 Å². The van der Waals surface area contributed by atoms with Crippen molar-refractivity contribution in [2.75, 3.05) is 24.5 Å². The highest BCUT2D eigenvalue weighted by Crippen LogP contribution is 2.28. The molecule has 1 atom stereocenters. The third-order valence-corrected chi connectivity index (χ3v) is 7.88. The molecule has 3 rings (SSSR count). The zero-order valence-electron chi connectivity index (χ0n) is 18.4. The monoisotopic (exact) mass is 478 g/mol. The van der Waals surface area contributed by atoms with E-state index in [1.807, 2.05) is 24.3 Å². The second kappa shape index (κ2) is 10.0. The van der Waals surface area contributed by atoms with Crippen LogP contribution in [0.15, 0.2) is 47.4 Å². The summed E-state index contributed by atoms with van der Waals surface area (Å²) < 4.78 is 32.3. The van der Waals surface area contributed by atoms with Crippen LogP contribution in [0.4, 0.5) is 5.69 Å². The van der Waals surface area contributed by atoms with Gasteiger partial charge >= 0.3 is 5.97 Å². The van der Waals surface area contributed by atoms with Crippen molar-refractivity contribution >= 4 is 39.2 Å². The number of aryl methyl sites for hydroxylation is 1. The number of fused-ring (bicyclic) bond motifs is 1. The van der Waals surface area contributed by atoms with Gasteiger partial charge in [0.1, 0.15) is 0 Å². The van der Waals surface area contributed by atoms with E-state index >= 15 is 0 Å². The van der Waals surface area contributed by atoms with E-state index < -0.39 is 22.1 Å². The minimum absolute atomic E-state index is 0.0523. The molecule has 0 unspecified atom stereocenters. The lowest BCUT2D eigenvalue weighted by Crippen LogP contribution is -2.42. The molecule has 0 saturated heterocycles. The quantitative estimate of drug-likeness (QED) is 0.563. The average molecular weight is 479 g/mol. The van der Waals surface area contributed by atoms with E-state index in [0.717, 1.165) is 24.1 Å². The molecule has 1 aliphatic rings. The number of carbonyl (C=O) groups excluding carboxylic acids is 2. The zero-order chi connectivity index (χ0) is 23.5. The first-order chi connectivity index (χ1) is 15.2. The van der Waals surface area contributed by atoms with Crippen molar-refractivity contribution in [3.8, 4) is 0 Å². The maximum atomic E-state index is 13.0. The standard InChI is InChI=1S/C23H27ClN2O5S/c1-4-25(5-2)32(29,30)18-12-13-20(24)19(15-18)23(28)31-16(3)22(27)26-14-8-10-17-9-6-7-11-21(17)26/h6-7,9,11-13,15-16H,4-5,8,10,14H2,1-3H3/t16-/m0/s1. The molecule has 0 fully saturated rings. The summed E-state index contributed by atoms with van der Waals surface area (Å²) in [6, 6.07) is 11.5. The van der Waals surface area contributed by atoms with Crippen molar-refractivity contribution in [3.63, 3.8) is 0 Å². The van der Waals surface area contributed by atoms with Gasteiger partial charge in [0.2, 0.25) is 10.0 Å². The van der Waals surface area contributed by atoms with Gasteiger partial charge in [-0.25, -0.2) is 13.2 Å². The number of anilines is 1. The molecule has 0 radical (unpaired) electrons. The molecule has 0 N–H and O–H groups in total. The minimum Gasteiger partial charge on any atom is -0.449 e. The molecule has 1 heterocycles. The smallest absolute Gasteiger partial charge is 0.340 e. The lowest BCUT2D eigenvalue weighted by Gasteiger charge is -2.31. The predicted molar refractivity (Wildman–Crippen MR) is 124 cm³/mol. The van der Waals surface area contributed by atoms with Gasteiger partial charge in [-0.3, -0.25) is 4.79 Å². The van der Waals surface area contributed by atoms with E-state index in [1.54, 1.807) is 18.7 Å². The van der Waals surface area contributed by atoms with Crippen LogP contribution in [0.1, 0.15) is 43.1 Å². The van der Waals surface area contributed by atoms with Crippen LogP contribution in [0.3, 0.4) is 0 Å². The molecule has 0 saturated carbocycles. The summed E-state index contributed by atoms with van der Waals surface area (Å²) in [5.74, 6) is -1.19. The third kappa shape index (κ3) is 4.82. The summed E-state index contributed by atoms with van der Waals surface area (Å²) in [5, 5.41) is 0.0523. The molecular formula is C23H27ClN2O5S. The van der Waals surface area contributed by atoms with Gasteiger partial charge in [-0.2, -0.15) is 4.31 Å². The number of ether oxygens (including phenoxy) is 1. The van der Waals surface area contributed by atoms with Gasteiger partial charge < -0.3 is 9.64 Å². The lowest BCUT2D eigenvalue weighted by molar-refractivity contribution is -0.126. The fraction of sp³-hybridized carbons (Fsp3) is 0.391. The van der Waals surface area contributed by atoms with Crippen molar-refractivity contribution in [1.29, 1.82) is 0 Å². The van der Waals surface area contributed by atoms with Crippen molar-refractivity contribution in [2.24, 2.45) is 0 Å². The number of hydrogen-bond acceptors (Lipinski definition) is 5. The highest BCUT2D eigenvalue weighted by atomic mass is 35.5. The SMILES string of the molecule is CCN(CC)S(=O)(=O)c1ccc(Cl)c(C(=O)O[C@@H](C)C(=O)N2CCCc3ccccc32)c1. The Morgan fingerprint density at radius 1 is 1.16 bits per heavy atom. The summed E-state index contributed by atoms with van der Waals surface area (Å²) in [6.45, 7) is 6.10. The highest BCUT2D eigenvalue weighted by Gasteiger charge is 2.30. The van der Waals surface area contributed by atoms with Gasteiger partial charge in [0.05, 0.1) is 15.5 Å². The molecule has 0 spiro atoms. The van der Waals surface area contributed by atoms with Crippen molar-refractivity contribution < 1.29 is 22.7 Å². The number of nitrogens with zero attached hydrogens (tertiary/aromatic N) is 2. The number of benzene rings is 2. The van der Waals surface area contributed by atoms with E-state index in [1.165, 1.54) is 29.4 Å². The molecule has 0 aliphatic carbocycles. The fourth-order valence-electron chi connectivity index (χ4n) is 3.79. The lowest BCUT2D eigenvalue weighted by atomic mass is 10.0. The van der Waals surface area contributed by atoms with Crippen molar-refractivity contribution in [3.05, 3.63) is 58.6 Å². The van der Waals surface area contributed by atoms with E-state index in [2.05, 4.69) is 0 Å². The summed E-state index contributed by atoms with van der Waals surface area (Å²) in [6.07, 6.45) is 0.644. The molecular weight excluding hydrogens is 452 g/mol. The largest absolute Gasteiger partial charge is 0.449 e. The maximum Gasteiger partial charge on any atom is 0.340 e. The van der Waals surface area contributed by atoms with Gasteiger partial charge in [0.25, 0.3) is 5.91 Å². The number of para-hydroxylation sites is 1. The zero-order valence-corrected chi connectivity index (χ0v) is 19.9. The van der Waals surface area contributed by atoms with Crippen LogP contribution in [0, 0.1) is 0 Å². The number of rotatable bonds is 7. The molecule has 7 nitrogen and oxygen atoms in total. The Morgan fingerprint density at radius 2 is 1.84 bits per heavy atom. The Kier molecular flexibility index (Phi) is 7.59. The molecule has 1 amide bonds. The van der Waals surface area contributed by atoms with Crippen LogP contribution in [-0.4, -0.2) is 50.3 Å². The molecule has 2 aromatic rings. The van der Waals surface area contributed by atoms with E-state index in [4.69, 9.17) is 16.3 Å². The Bertz CT molecular complexity index is 1120. The third-order valence-electron chi connectivity index (χ3n) is 5.51. The van der Waals surface area contributed by atoms with Gasteiger partial charge in [-0.1, -0.05) is 43.6 Å². The van der Waals surface area contributed by atoms with Gasteiger partial charge in [-0.15, -0.1) is 0 Å². The summed E-state index contributed by atoms with van der Waals surface area (Å²) in [4.78, 5) is 27.4. The van der Waals surface area contributed by atoms with Crippen molar-refractivity contribution in [1.82, 2.24) is 4.31 Å². The van der Waals surface area contributed by atoms with Crippen LogP contribution in [0.5, 0.6) is 0 Å². The molecule has 9 heteroatoms. The van der Waals surface area contributed by atoms with Crippen LogP contribution in [0.25, 0.3) is 0 Å². The minimum atomic E-state index is -3.78. The molecule has 32 heavy (non-hydrogen) atoms. The molecule has 2 aromatic carbocycles. The first-order valence-electron chi connectivity index (χ1n) is 10.6. The number of hydrogen-bond donors (Lipinski definition) is 0. The fourth-order valence-corrected chi connectivity index (χ4v) is 5.47. The van der Waals surface area contributed by atoms with Gasteiger partial charge in [-0.05, 0) is 49.6 Å². The van der Waals surface area contributed by atoms with Gasteiger partial charge in [0.15, 0.2) is 6.10 Å². The Hall–Kier alpha value is -2.42. The van der Waals surface area contributed by atoms with E-state index in [9.17, 15) is 18.0 Å². The molecule has 172 valence electrons. The average Bonchev–Trinajstić information content (AvgIpc) is 2.78. The number of sulfonamides is 1. The molecule has 1 aliphatic heterocycles. The summed E-state index contributed by atoms with van der Waals surface area (Å²) in [7, 11) is -3.78. The highest BCUT2D eigenvalue weighted by molar-refractivity contribution is 7.89. The van der Waals surface area contributed by atoms with Crippen LogP contribution < -0.4 is 4.90 Å². The second-order valence-electron chi connectivity index (χ2n) is 7.50. The summed E-state index contributed by atoms with van der Waals surface area (Å²) >= 11 is 6.16. The predicted octanol–water partition coefficient (Wildman–Crippen LogP) is 3.90. The topological polar surface area (TPSA) is 84.0 Å². The Labute approximate surface area is 194 Å². The Morgan fingerprint density at radius 3 is 2.53 bits per heavy atom. The summed E-state index contributed by atoms with van der Waals surface area (Å²) in [5.41, 5.74) is 1.79. The maximum absolute atomic E-state index is 13.0. The van der Waals surface area contributed by atoms with Crippen LogP contribution >= 0.6 is 11.6 Å². The Balaban J connectivity index is 1.81. The molecule has 0 bridgehead atoms. The second-order valence-corrected chi connectivity index (χ2v) is 9.85. The first kappa shape index (κ1) is 24.2. The molecule has 0 aromatic heterocycles. The number of amides is 1. The van der Waals surface area contributed by atoms with E-state index in [0.29, 0.717) is 19.6 Å². The van der Waals surface area contributed by atoms with Gasteiger partial charge in [0, 0.05) is 25.3 Å².